The largest absolute Gasteiger partial charge is 0.477 e. The van der Waals surface area contributed by atoms with Crippen molar-refractivity contribution >= 4 is 5.91 Å². The highest BCUT2D eigenvalue weighted by Gasteiger charge is 2.24. The van der Waals surface area contributed by atoms with Crippen molar-refractivity contribution in [3.63, 3.8) is 0 Å². The molecule has 2 aromatic rings. The molecule has 25 heavy (non-hydrogen) atoms. The second-order valence-electron chi connectivity index (χ2n) is 6.30. The van der Waals surface area contributed by atoms with Crippen LogP contribution in [0.1, 0.15) is 18.5 Å². The molecule has 7 nitrogen and oxygen atoms in total. The van der Waals surface area contributed by atoms with E-state index in [1.807, 2.05) is 25.1 Å². The van der Waals surface area contributed by atoms with E-state index in [9.17, 15) is 9.59 Å². The first-order valence-electron chi connectivity index (χ1n) is 8.48. The average Bonchev–Trinajstić information content (AvgIpc) is 2.62. The van der Waals surface area contributed by atoms with Gasteiger partial charge in [-0.2, -0.15) is 5.10 Å². The second kappa shape index (κ2) is 7.92. The van der Waals surface area contributed by atoms with Gasteiger partial charge in [0.05, 0.1) is 6.61 Å². The Hall–Kier alpha value is -2.70. The fourth-order valence-electron chi connectivity index (χ4n) is 2.96. The topological polar surface area (TPSA) is 77.3 Å². The van der Waals surface area contributed by atoms with Crippen LogP contribution in [0, 0.1) is 12.8 Å². The van der Waals surface area contributed by atoms with Crippen molar-refractivity contribution in [2.45, 2.75) is 26.3 Å². The Bertz CT molecular complexity index is 790. The average molecular weight is 342 g/mol. The molecule has 1 aliphatic rings. The van der Waals surface area contributed by atoms with Gasteiger partial charge in [-0.15, -0.1) is 0 Å². The summed E-state index contributed by atoms with van der Waals surface area (Å²) in [5.74, 6) is 0.795. The molecule has 0 radical (unpaired) electrons. The summed E-state index contributed by atoms with van der Waals surface area (Å²) in [5.41, 5.74) is 0.650. The molecule has 132 valence electrons. The molecule has 1 saturated heterocycles. The zero-order valence-corrected chi connectivity index (χ0v) is 14.3. The summed E-state index contributed by atoms with van der Waals surface area (Å²) >= 11 is 0. The van der Waals surface area contributed by atoms with Crippen molar-refractivity contribution in [3.05, 3.63) is 52.6 Å². The number of carbonyl (C=O) groups excluding carboxylic acids is 1. The standard InChI is InChI=1S/C18H22N4O3/c1-14-5-2-7-16(20-14)25-13-15-6-4-10-21(11-15)18(24)12-22-17(23)8-3-9-19-22/h2-3,5,7-9,15H,4,6,10-13H2,1H3. The SMILES string of the molecule is Cc1cccc(OCC2CCCN(C(=O)Cn3ncccc3=O)C2)n1. The summed E-state index contributed by atoms with van der Waals surface area (Å²) in [6.45, 7) is 3.77. The lowest BCUT2D eigenvalue weighted by atomic mass is 9.99. The fraction of sp³-hybridized carbons (Fsp3) is 0.444. The van der Waals surface area contributed by atoms with Gasteiger partial charge in [0.15, 0.2) is 0 Å². The molecule has 1 amide bonds. The molecule has 1 unspecified atom stereocenters. The quantitative estimate of drug-likeness (QED) is 0.818. The van der Waals surface area contributed by atoms with Crippen LogP contribution in [-0.2, 0) is 11.3 Å². The summed E-state index contributed by atoms with van der Waals surface area (Å²) in [4.78, 5) is 30.3. The van der Waals surface area contributed by atoms with Crippen molar-refractivity contribution < 1.29 is 9.53 Å². The van der Waals surface area contributed by atoms with Gasteiger partial charge in [0.1, 0.15) is 6.54 Å². The van der Waals surface area contributed by atoms with Gasteiger partial charge in [-0.3, -0.25) is 9.59 Å². The van der Waals surface area contributed by atoms with E-state index in [2.05, 4.69) is 10.1 Å². The minimum absolute atomic E-state index is 0.0211. The van der Waals surface area contributed by atoms with E-state index in [1.54, 1.807) is 11.0 Å². The highest BCUT2D eigenvalue weighted by Crippen LogP contribution is 2.18. The Labute approximate surface area is 146 Å². The van der Waals surface area contributed by atoms with Gasteiger partial charge in [0.2, 0.25) is 11.8 Å². The van der Waals surface area contributed by atoms with Crippen LogP contribution in [0.25, 0.3) is 0 Å². The molecule has 1 fully saturated rings. The Morgan fingerprint density at radius 1 is 1.32 bits per heavy atom. The smallest absolute Gasteiger partial charge is 0.267 e. The van der Waals surface area contributed by atoms with E-state index in [0.29, 0.717) is 25.6 Å². The fourth-order valence-corrected chi connectivity index (χ4v) is 2.96. The molecule has 3 heterocycles. The Kier molecular flexibility index (Phi) is 5.42. The number of nitrogens with zero attached hydrogens (tertiary/aromatic N) is 4. The van der Waals surface area contributed by atoms with E-state index in [1.165, 1.54) is 16.9 Å². The van der Waals surface area contributed by atoms with Gasteiger partial charge >= 0.3 is 0 Å². The molecule has 1 aliphatic heterocycles. The number of hydrogen-bond acceptors (Lipinski definition) is 5. The number of amides is 1. The summed E-state index contributed by atoms with van der Waals surface area (Å²) in [6.07, 6.45) is 3.45. The first-order valence-corrected chi connectivity index (χ1v) is 8.48. The third kappa shape index (κ3) is 4.65. The molecular weight excluding hydrogens is 320 g/mol. The van der Waals surface area contributed by atoms with Gasteiger partial charge in [0, 0.05) is 43.0 Å². The Morgan fingerprint density at radius 2 is 2.20 bits per heavy atom. The summed E-state index contributed by atoms with van der Waals surface area (Å²) in [5, 5.41) is 3.94. The maximum atomic E-state index is 12.5. The van der Waals surface area contributed by atoms with E-state index >= 15 is 0 Å². The van der Waals surface area contributed by atoms with Crippen molar-refractivity contribution in [2.24, 2.45) is 5.92 Å². The maximum Gasteiger partial charge on any atom is 0.267 e. The highest BCUT2D eigenvalue weighted by atomic mass is 16.5. The molecular formula is C18H22N4O3. The summed E-state index contributed by atoms with van der Waals surface area (Å²) < 4.78 is 6.97. The molecule has 0 bridgehead atoms. The lowest BCUT2D eigenvalue weighted by Gasteiger charge is -2.32. The minimum Gasteiger partial charge on any atom is -0.477 e. The van der Waals surface area contributed by atoms with Gasteiger partial charge in [0.25, 0.3) is 5.56 Å². The number of likely N-dealkylation sites (tertiary alicyclic amines) is 1. The first-order chi connectivity index (χ1) is 12.1. The van der Waals surface area contributed by atoms with E-state index in [-0.39, 0.29) is 23.9 Å². The van der Waals surface area contributed by atoms with Crippen LogP contribution in [0.5, 0.6) is 5.88 Å². The number of aromatic nitrogens is 3. The molecule has 2 aromatic heterocycles. The first kappa shape index (κ1) is 17.1. The number of rotatable bonds is 5. The van der Waals surface area contributed by atoms with Gasteiger partial charge in [-0.05, 0) is 31.9 Å². The lowest BCUT2D eigenvalue weighted by Crippen LogP contribution is -2.44. The van der Waals surface area contributed by atoms with E-state index in [4.69, 9.17) is 4.74 Å². The minimum atomic E-state index is -0.265. The number of hydrogen-bond donors (Lipinski definition) is 0. The molecule has 0 N–H and O–H groups in total. The summed E-state index contributed by atoms with van der Waals surface area (Å²) in [6, 6.07) is 8.65. The van der Waals surface area contributed by atoms with Crippen LogP contribution in [-0.4, -0.2) is 45.3 Å². The van der Waals surface area contributed by atoms with Gasteiger partial charge in [-0.25, -0.2) is 9.67 Å². The van der Waals surface area contributed by atoms with Crippen molar-refractivity contribution in [1.29, 1.82) is 0 Å². The van der Waals surface area contributed by atoms with Crippen molar-refractivity contribution in [1.82, 2.24) is 19.7 Å². The number of aryl methyl sites for hydroxylation is 1. The predicted octanol–water partition coefficient (Wildman–Crippen LogP) is 1.26. The monoisotopic (exact) mass is 342 g/mol. The molecule has 0 saturated carbocycles. The number of piperidine rings is 1. The molecule has 0 aromatic carbocycles. The molecule has 3 rings (SSSR count). The number of carbonyl (C=O) groups is 1. The highest BCUT2D eigenvalue weighted by molar-refractivity contribution is 5.76. The zero-order valence-electron chi connectivity index (χ0n) is 14.3. The molecule has 0 spiro atoms. The molecule has 7 heteroatoms. The molecule has 1 atom stereocenters. The summed E-state index contributed by atoms with van der Waals surface area (Å²) in [7, 11) is 0. The van der Waals surface area contributed by atoms with Crippen LogP contribution in [0.2, 0.25) is 0 Å². The van der Waals surface area contributed by atoms with Crippen LogP contribution in [0.3, 0.4) is 0 Å². The van der Waals surface area contributed by atoms with E-state index < -0.39 is 0 Å². The Balaban J connectivity index is 1.54. The normalized spacial score (nSPS) is 17.3. The second-order valence-corrected chi connectivity index (χ2v) is 6.30. The Morgan fingerprint density at radius 3 is 3.00 bits per heavy atom. The molecule has 0 aliphatic carbocycles. The van der Waals surface area contributed by atoms with Crippen LogP contribution < -0.4 is 10.3 Å². The third-order valence-electron chi connectivity index (χ3n) is 4.27. The number of pyridine rings is 1. The zero-order chi connectivity index (χ0) is 17.6. The van der Waals surface area contributed by atoms with Crippen molar-refractivity contribution in [2.75, 3.05) is 19.7 Å². The lowest BCUT2D eigenvalue weighted by molar-refractivity contribution is -0.134. The predicted molar refractivity (Wildman–Crippen MR) is 92.3 cm³/mol. The van der Waals surface area contributed by atoms with Crippen LogP contribution in [0.15, 0.2) is 41.3 Å². The van der Waals surface area contributed by atoms with E-state index in [0.717, 1.165) is 18.5 Å². The third-order valence-corrected chi connectivity index (χ3v) is 4.27. The van der Waals surface area contributed by atoms with Gasteiger partial charge in [-0.1, -0.05) is 6.07 Å². The van der Waals surface area contributed by atoms with Gasteiger partial charge < -0.3 is 9.64 Å². The maximum absolute atomic E-state index is 12.5. The van der Waals surface area contributed by atoms with Crippen LogP contribution >= 0.6 is 0 Å². The number of ether oxygens (including phenoxy) is 1. The van der Waals surface area contributed by atoms with Crippen molar-refractivity contribution in [3.8, 4) is 5.88 Å². The van der Waals surface area contributed by atoms with Crippen LogP contribution in [0.4, 0.5) is 0 Å².